The third kappa shape index (κ3) is 4.23. The second kappa shape index (κ2) is 7.29. The lowest BCUT2D eigenvalue weighted by atomic mass is 10.0. The Balaban J connectivity index is 2.57. The second-order valence-corrected chi connectivity index (χ2v) is 4.14. The third-order valence-electron chi connectivity index (χ3n) is 2.67. The normalized spacial score (nSPS) is 10.4. The monoisotopic (exact) mass is 221 g/mol. The minimum atomic E-state index is 0.735. The van der Waals surface area contributed by atoms with Crippen molar-refractivity contribution in [3.05, 3.63) is 29.3 Å². The van der Waals surface area contributed by atoms with E-state index >= 15 is 0 Å². The average Bonchev–Trinajstić information content (AvgIpc) is 2.28. The molecule has 2 N–H and O–H groups in total. The first kappa shape index (κ1) is 13.0. The van der Waals surface area contributed by atoms with Crippen LogP contribution in [-0.2, 0) is 6.42 Å². The molecule has 0 aliphatic rings. The molecule has 1 aromatic rings. The molecule has 90 valence electrons. The van der Waals surface area contributed by atoms with Gasteiger partial charge in [0.2, 0.25) is 0 Å². The summed E-state index contributed by atoms with van der Waals surface area (Å²) >= 11 is 0. The number of hydrogen-bond acceptors (Lipinski definition) is 2. The quantitative estimate of drug-likeness (QED) is 0.718. The predicted molar refractivity (Wildman–Crippen MR) is 69.0 cm³/mol. The molecule has 0 radical (unpaired) electrons. The van der Waals surface area contributed by atoms with E-state index in [2.05, 4.69) is 25.1 Å². The Morgan fingerprint density at radius 1 is 1.19 bits per heavy atom. The number of nitrogens with two attached hydrogens (primary N) is 1. The minimum absolute atomic E-state index is 0.735. The van der Waals surface area contributed by atoms with Crippen LogP contribution in [0.5, 0.6) is 5.75 Å². The van der Waals surface area contributed by atoms with Crippen molar-refractivity contribution in [2.75, 3.05) is 13.2 Å². The fraction of sp³-hybridized carbons (Fsp3) is 0.571. The highest BCUT2D eigenvalue weighted by Crippen LogP contribution is 2.22. The van der Waals surface area contributed by atoms with E-state index in [-0.39, 0.29) is 0 Å². The van der Waals surface area contributed by atoms with Crippen LogP contribution < -0.4 is 10.5 Å². The summed E-state index contributed by atoms with van der Waals surface area (Å²) in [5, 5.41) is 0. The third-order valence-corrected chi connectivity index (χ3v) is 2.67. The lowest BCUT2D eigenvalue weighted by Gasteiger charge is -2.10. The molecule has 1 aromatic carbocycles. The van der Waals surface area contributed by atoms with Crippen LogP contribution in [0.1, 0.15) is 37.3 Å². The van der Waals surface area contributed by atoms with Crippen molar-refractivity contribution in [2.45, 2.75) is 39.5 Å². The molecule has 16 heavy (non-hydrogen) atoms. The maximum absolute atomic E-state index is 5.62. The highest BCUT2D eigenvalue weighted by Gasteiger charge is 2.03. The van der Waals surface area contributed by atoms with Crippen molar-refractivity contribution in [3.8, 4) is 5.75 Å². The fourth-order valence-corrected chi connectivity index (χ4v) is 1.84. The Kier molecular flexibility index (Phi) is 5.94. The molecule has 0 saturated carbocycles. The van der Waals surface area contributed by atoms with E-state index in [1.165, 1.54) is 24.0 Å². The molecule has 0 bridgehead atoms. The van der Waals surface area contributed by atoms with Gasteiger partial charge < -0.3 is 10.5 Å². The highest BCUT2D eigenvalue weighted by atomic mass is 16.5. The van der Waals surface area contributed by atoms with Crippen molar-refractivity contribution < 1.29 is 4.74 Å². The van der Waals surface area contributed by atoms with Gasteiger partial charge in [0, 0.05) is 0 Å². The average molecular weight is 221 g/mol. The number of rotatable bonds is 7. The summed E-state index contributed by atoms with van der Waals surface area (Å²) in [6, 6.07) is 6.42. The van der Waals surface area contributed by atoms with Gasteiger partial charge >= 0.3 is 0 Å². The molecule has 2 heteroatoms. The zero-order valence-corrected chi connectivity index (χ0v) is 10.5. The minimum Gasteiger partial charge on any atom is -0.494 e. The summed E-state index contributed by atoms with van der Waals surface area (Å²) < 4.78 is 5.62. The molecule has 0 aliphatic heterocycles. The van der Waals surface area contributed by atoms with Crippen LogP contribution in [0, 0.1) is 6.92 Å². The SMILES string of the molecule is CCOc1ccc(C)cc1CCCCCN. The Bertz CT molecular complexity index is 310. The highest BCUT2D eigenvalue weighted by molar-refractivity contribution is 5.36. The van der Waals surface area contributed by atoms with E-state index in [0.717, 1.165) is 31.7 Å². The molecule has 1 rings (SSSR count). The summed E-state index contributed by atoms with van der Waals surface area (Å²) in [4.78, 5) is 0. The summed E-state index contributed by atoms with van der Waals surface area (Å²) in [6.07, 6.45) is 4.61. The Labute approximate surface area is 98.8 Å². The number of unbranched alkanes of at least 4 members (excludes halogenated alkanes) is 2. The first-order valence-corrected chi connectivity index (χ1v) is 6.20. The largest absolute Gasteiger partial charge is 0.494 e. The molecular formula is C14H23NO. The molecule has 0 heterocycles. The lowest BCUT2D eigenvalue weighted by Crippen LogP contribution is -2.00. The van der Waals surface area contributed by atoms with Gasteiger partial charge in [0.15, 0.2) is 0 Å². The number of aryl methyl sites for hydroxylation is 2. The molecule has 0 atom stereocenters. The van der Waals surface area contributed by atoms with Crippen molar-refractivity contribution in [1.82, 2.24) is 0 Å². The molecule has 2 nitrogen and oxygen atoms in total. The molecule has 0 amide bonds. The molecule has 0 fully saturated rings. The topological polar surface area (TPSA) is 35.2 Å². The summed E-state index contributed by atoms with van der Waals surface area (Å²) in [6.45, 7) is 5.68. The maximum atomic E-state index is 5.62. The van der Waals surface area contributed by atoms with Crippen LogP contribution in [0.15, 0.2) is 18.2 Å². The van der Waals surface area contributed by atoms with Gasteiger partial charge in [-0.2, -0.15) is 0 Å². The van der Waals surface area contributed by atoms with E-state index in [0.29, 0.717) is 0 Å². The van der Waals surface area contributed by atoms with Gasteiger partial charge in [-0.1, -0.05) is 24.1 Å². The first-order chi connectivity index (χ1) is 7.77. The van der Waals surface area contributed by atoms with E-state index < -0.39 is 0 Å². The van der Waals surface area contributed by atoms with Crippen LogP contribution in [0.4, 0.5) is 0 Å². The van der Waals surface area contributed by atoms with E-state index in [4.69, 9.17) is 10.5 Å². The second-order valence-electron chi connectivity index (χ2n) is 4.14. The summed E-state index contributed by atoms with van der Waals surface area (Å²) in [5.41, 5.74) is 8.12. The summed E-state index contributed by atoms with van der Waals surface area (Å²) in [5.74, 6) is 1.04. The van der Waals surface area contributed by atoms with Crippen LogP contribution >= 0.6 is 0 Å². The number of ether oxygens (including phenoxy) is 1. The Morgan fingerprint density at radius 3 is 2.69 bits per heavy atom. The zero-order valence-electron chi connectivity index (χ0n) is 10.5. The van der Waals surface area contributed by atoms with E-state index in [9.17, 15) is 0 Å². The molecule has 0 unspecified atom stereocenters. The van der Waals surface area contributed by atoms with Crippen molar-refractivity contribution in [2.24, 2.45) is 5.73 Å². The smallest absolute Gasteiger partial charge is 0.122 e. The summed E-state index contributed by atoms with van der Waals surface area (Å²) in [7, 11) is 0. The van der Waals surface area contributed by atoms with Crippen molar-refractivity contribution in [3.63, 3.8) is 0 Å². The standard InChI is InChI=1S/C14H23NO/c1-3-16-14-9-8-12(2)11-13(14)7-5-4-6-10-15/h8-9,11H,3-7,10,15H2,1-2H3. The fourth-order valence-electron chi connectivity index (χ4n) is 1.84. The van der Waals surface area contributed by atoms with Gasteiger partial charge in [0.05, 0.1) is 6.61 Å². The van der Waals surface area contributed by atoms with Crippen LogP contribution in [0.2, 0.25) is 0 Å². The predicted octanol–water partition coefficient (Wildman–Crippen LogP) is 3.07. The Hall–Kier alpha value is -1.02. The molecule has 0 spiro atoms. The van der Waals surface area contributed by atoms with Crippen LogP contribution in [0.3, 0.4) is 0 Å². The van der Waals surface area contributed by atoms with E-state index in [1.54, 1.807) is 0 Å². The Morgan fingerprint density at radius 2 is 2.00 bits per heavy atom. The lowest BCUT2D eigenvalue weighted by molar-refractivity contribution is 0.336. The van der Waals surface area contributed by atoms with Gasteiger partial charge in [-0.3, -0.25) is 0 Å². The van der Waals surface area contributed by atoms with Gasteiger partial charge in [-0.05, 0) is 51.3 Å². The molecular weight excluding hydrogens is 198 g/mol. The van der Waals surface area contributed by atoms with Gasteiger partial charge in [-0.25, -0.2) is 0 Å². The van der Waals surface area contributed by atoms with Crippen molar-refractivity contribution in [1.29, 1.82) is 0 Å². The van der Waals surface area contributed by atoms with Crippen LogP contribution in [0.25, 0.3) is 0 Å². The van der Waals surface area contributed by atoms with Crippen molar-refractivity contribution >= 4 is 0 Å². The van der Waals surface area contributed by atoms with Gasteiger partial charge in [0.25, 0.3) is 0 Å². The van der Waals surface area contributed by atoms with E-state index in [1.807, 2.05) is 6.92 Å². The number of hydrogen-bond donors (Lipinski definition) is 1. The molecule has 0 aromatic heterocycles. The van der Waals surface area contributed by atoms with Gasteiger partial charge in [-0.15, -0.1) is 0 Å². The molecule has 0 saturated heterocycles. The maximum Gasteiger partial charge on any atom is 0.122 e. The van der Waals surface area contributed by atoms with Gasteiger partial charge in [0.1, 0.15) is 5.75 Å². The zero-order chi connectivity index (χ0) is 11.8. The van der Waals surface area contributed by atoms with Crippen LogP contribution in [-0.4, -0.2) is 13.2 Å². The first-order valence-electron chi connectivity index (χ1n) is 6.20. The number of benzene rings is 1. The molecule has 0 aliphatic carbocycles.